The van der Waals surface area contributed by atoms with Gasteiger partial charge in [0.2, 0.25) is 0 Å². The molecular weight excluding hydrogens is 255 g/mol. The molecule has 0 radical (unpaired) electrons. The monoisotopic (exact) mass is 268 g/mol. The molecule has 7 heavy (non-hydrogen) atoms. The molecule has 0 aromatic carbocycles. The third kappa shape index (κ3) is 10.9. The summed E-state index contributed by atoms with van der Waals surface area (Å²) in [6, 6.07) is 0. The number of aliphatic hydroxyl groups is 1. The van der Waals surface area contributed by atoms with Crippen LogP contribution >= 0.6 is 0 Å². The molecule has 0 fully saturated rings. The van der Waals surface area contributed by atoms with E-state index in [-0.39, 0.29) is 25.8 Å². The molecule has 0 saturated carbocycles. The van der Waals surface area contributed by atoms with E-state index in [9.17, 15) is 0 Å². The molecule has 0 unspecified atom stereocenters. The van der Waals surface area contributed by atoms with Gasteiger partial charge in [-0.1, -0.05) is 13.8 Å². The van der Waals surface area contributed by atoms with E-state index < -0.39 is 0 Å². The van der Waals surface area contributed by atoms with Crippen molar-refractivity contribution >= 4 is 0 Å². The number of hydrogen-bond acceptors (Lipinski definition) is 1. The van der Waals surface area contributed by atoms with Gasteiger partial charge in [-0.3, -0.25) is 0 Å². The molecule has 0 aliphatic rings. The Morgan fingerprint density at radius 2 is 1.86 bits per heavy atom. The molecule has 0 bridgehead atoms. The molecule has 0 rings (SSSR count). The predicted octanol–water partition coefficient (Wildman–Crippen LogP) is 1.02. The Morgan fingerprint density at radius 3 is 1.86 bits per heavy atom. The van der Waals surface area contributed by atoms with Crippen LogP contribution in [-0.4, -0.2) is 11.7 Å². The summed E-state index contributed by atoms with van der Waals surface area (Å²) >= 11 is 0. The average Bonchev–Trinajstić information content (AvgIpc) is 1.35. The van der Waals surface area contributed by atoms with Crippen molar-refractivity contribution in [3.05, 3.63) is 0 Å². The summed E-state index contributed by atoms with van der Waals surface area (Å²) in [5.41, 5.74) is 0. The molecule has 2 heteroatoms. The van der Waals surface area contributed by atoms with E-state index in [1.54, 1.807) is 0 Å². The van der Waals surface area contributed by atoms with Crippen LogP contribution in [0.2, 0.25) is 0 Å². The zero-order valence-electron chi connectivity index (χ0n) is 4.94. The van der Waals surface area contributed by atoms with E-state index in [1.165, 1.54) is 0 Å². The molecular formula is C5H12HfO. The van der Waals surface area contributed by atoms with Crippen LogP contribution in [0.3, 0.4) is 0 Å². The quantitative estimate of drug-likeness (QED) is 0.740. The molecule has 0 saturated heterocycles. The van der Waals surface area contributed by atoms with Crippen LogP contribution in [0.15, 0.2) is 0 Å². The molecule has 0 heterocycles. The fourth-order valence-electron chi connectivity index (χ4n) is 0.258. The van der Waals surface area contributed by atoms with Crippen molar-refractivity contribution in [3.8, 4) is 0 Å². The normalized spacial score (nSPS) is 8.57. The smallest absolute Gasteiger partial charge is 0.0433 e. The van der Waals surface area contributed by atoms with Gasteiger partial charge < -0.3 is 5.11 Å². The van der Waals surface area contributed by atoms with Crippen molar-refractivity contribution in [2.45, 2.75) is 20.3 Å². The van der Waals surface area contributed by atoms with Gasteiger partial charge in [0.1, 0.15) is 0 Å². The first-order valence-corrected chi connectivity index (χ1v) is 2.38. The van der Waals surface area contributed by atoms with Crippen molar-refractivity contribution in [1.29, 1.82) is 0 Å². The van der Waals surface area contributed by atoms with E-state index in [0.717, 1.165) is 6.42 Å². The largest absolute Gasteiger partial charge is 0.396 e. The zero-order chi connectivity index (χ0) is 4.99. The van der Waals surface area contributed by atoms with Crippen LogP contribution in [0, 0.1) is 5.92 Å². The Balaban J connectivity index is 0. The SMILES string of the molecule is CC(C)CCO.[Hf]. The molecule has 0 aliphatic heterocycles. The Kier molecular flexibility index (Phi) is 10.5. The minimum absolute atomic E-state index is 0. The van der Waals surface area contributed by atoms with Crippen molar-refractivity contribution in [1.82, 2.24) is 0 Å². The second-order valence-electron chi connectivity index (χ2n) is 1.91. The van der Waals surface area contributed by atoms with E-state index in [2.05, 4.69) is 13.8 Å². The first-order chi connectivity index (χ1) is 2.77. The Labute approximate surface area is 63.9 Å². The summed E-state index contributed by atoms with van der Waals surface area (Å²) < 4.78 is 0. The molecule has 0 aromatic rings. The molecule has 42 valence electrons. The van der Waals surface area contributed by atoms with E-state index in [4.69, 9.17) is 5.11 Å². The minimum Gasteiger partial charge on any atom is -0.396 e. The topological polar surface area (TPSA) is 20.2 Å². The molecule has 0 aliphatic carbocycles. The van der Waals surface area contributed by atoms with E-state index in [0.29, 0.717) is 12.5 Å². The Morgan fingerprint density at radius 1 is 1.43 bits per heavy atom. The van der Waals surface area contributed by atoms with Crippen LogP contribution in [0.5, 0.6) is 0 Å². The molecule has 1 nitrogen and oxygen atoms in total. The molecule has 0 atom stereocenters. The van der Waals surface area contributed by atoms with Gasteiger partial charge in [-0.2, -0.15) is 0 Å². The number of hydrogen-bond donors (Lipinski definition) is 1. The zero-order valence-corrected chi connectivity index (χ0v) is 8.53. The number of aliphatic hydroxyl groups excluding tert-OH is 1. The van der Waals surface area contributed by atoms with E-state index >= 15 is 0 Å². The first kappa shape index (κ1) is 10.7. The maximum Gasteiger partial charge on any atom is 0.0433 e. The maximum absolute atomic E-state index is 8.24. The standard InChI is InChI=1S/C5H12O.Hf/c1-5(2)3-4-6;/h5-6H,3-4H2,1-2H3;. The fraction of sp³-hybridized carbons (Fsp3) is 1.00. The third-order valence-electron chi connectivity index (χ3n) is 0.706. The van der Waals surface area contributed by atoms with Gasteiger partial charge >= 0.3 is 0 Å². The van der Waals surface area contributed by atoms with Crippen molar-refractivity contribution in [2.75, 3.05) is 6.61 Å². The summed E-state index contributed by atoms with van der Waals surface area (Å²) in [7, 11) is 0. The van der Waals surface area contributed by atoms with Crippen LogP contribution in [0.4, 0.5) is 0 Å². The maximum atomic E-state index is 8.24. The van der Waals surface area contributed by atoms with Crippen LogP contribution in [0.25, 0.3) is 0 Å². The van der Waals surface area contributed by atoms with Gasteiger partial charge in [-0.05, 0) is 12.3 Å². The van der Waals surface area contributed by atoms with Gasteiger partial charge in [0.25, 0.3) is 0 Å². The van der Waals surface area contributed by atoms with Gasteiger partial charge in [0, 0.05) is 32.5 Å². The molecule has 0 spiro atoms. The predicted molar refractivity (Wildman–Crippen MR) is 26.5 cm³/mol. The minimum atomic E-state index is 0. The summed E-state index contributed by atoms with van der Waals surface area (Å²) in [5.74, 6) is 0.648. The average molecular weight is 267 g/mol. The summed E-state index contributed by atoms with van der Waals surface area (Å²) in [4.78, 5) is 0. The second-order valence-corrected chi connectivity index (χ2v) is 1.91. The van der Waals surface area contributed by atoms with Gasteiger partial charge in [-0.25, -0.2) is 0 Å². The van der Waals surface area contributed by atoms with Crippen LogP contribution < -0.4 is 0 Å². The van der Waals surface area contributed by atoms with Crippen molar-refractivity contribution in [3.63, 3.8) is 0 Å². The Hall–Kier alpha value is 0.830. The Bertz CT molecular complexity index is 29.3. The third-order valence-corrected chi connectivity index (χ3v) is 0.706. The second kappa shape index (κ2) is 6.83. The van der Waals surface area contributed by atoms with Crippen molar-refractivity contribution in [2.24, 2.45) is 5.92 Å². The number of rotatable bonds is 2. The van der Waals surface area contributed by atoms with Crippen LogP contribution in [0.1, 0.15) is 20.3 Å². The van der Waals surface area contributed by atoms with Gasteiger partial charge in [0.05, 0.1) is 0 Å². The fourth-order valence-corrected chi connectivity index (χ4v) is 0.258. The van der Waals surface area contributed by atoms with E-state index in [1.807, 2.05) is 0 Å². The van der Waals surface area contributed by atoms with Gasteiger partial charge in [0.15, 0.2) is 0 Å². The molecule has 1 N–H and O–H groups in total. The summed E-state index contributed by atoms with van der Waals surface area (Å²) in [6.07, 6.45) is 0.931. The molecule has 0 amide bonds. The summed E-state index contributed by atoms with van der Waals surface area (Å²) in [5, 5.41) is 8.24. The van der Waals surface area contributed by atoms with Crippen LogP contribution in [-0.2, 0) is 25.8 Å². The first-order valence-electron chi connectivity index (χ1n) is 2.38. The van der Waals surface area contributed by atoms with Crippen molar-refractivity contribution < 1.29 is 30.9 Å². The van der Waals surface area contributed by atoms with Gasteiger partial charge in [-0.15, -0.1) is 0 Å². The molecule has 0 aromatic heterocycles. The summed E-state index contributed by atoms with van der Waals surface area (Å²) in [6.45, 7) is 4.52.